The number of halogens is 1. The fourth-order valence-corrected chi connectivity index (χ4v) is 2.01. The van der Waals surface area contributed by atoms with E-state index in [1.165, 1.54) is 0 Å². The minimum Gasteiger partial charge on any atom is -0.365 e. The molecule has 1 aromatic rings. The molecule has 0 atom stereocenters. The highest BCUT2D eigenvalue weighted by atomic mass is 35.5. The van der Waals surface area contributed by atoms with Gasteiger partial charge in [-0.15, -0.1) is 23.7 Å². The Morgan fingerprint density at radius 2 is 2.00 bits per heavy atom. The zero-order valence-corrected chi connectivity index (χ0v) is 11.4. The van der Waals surface area contributed by atoms with E-state index in [1.807, 2.05) is 7.05 Å². The number of amides is 2. The maximum atomic E-state index is 11.8. The van der Waals surface area contributed by atoms with Crippen molar-refractivity contribution in [2.75, 3.05) is 27.2 Å². The minimum atomic E-state index is -0.498. The van der Waals surface area contributed by atoms with Gasteiger partial charge in [-0.3, -0.25) is 9.59 Å². The highest BCUT2D eigenvalue weighted by molar-refractivity contribution is 7.15. The van der Waals surface area contributed by atoms with Gasteiger partial charge in [0.15, 0.2) is 0 Å². The van der Waals surface area contributed by atoms with Crippen LogP contribution in [0.2, 0.25) is 0 Å². The molecule has 3 N–H and O–H groups in total. The Hall–Kier alpha value is -1.11. The van der Waals surface area contributed by atoms with Crippen molar-refractivity contribution < 1.29 is 9.59 Å². The lowest BCUT2D eigenvalue weighted by Gasteiger charge is -2.15. The highest BCUT2D eigenvalue weighted by Gasteiger charge is 2.15. The van der Waals surface area contributed by atoms with Crippen LogP contribution in [0.5, 0.6) is 0 Å². The van der Waals surface area contributed by atoms with Crippen LogP contribution in [0.3, 0.4) is 0 Å². The Bertz CT molecular complexity index is 395. The lowest BCUT2D eigenvalue weighted by Crippen LogP contribution is -2.32. The quantitative estimate of drug-likeness (QED) is 0.826. The highest BCUT2D eigenvalue weighted by Crippen LogP contribution is 2.17. The summed E-state index contributed by atoms with van der Waals surface area (Å²) in [5.41, 5.74) is 5.12. The minimum absolute atomic E-state index is 0. The zero-order chi connectivity index (χ0) is 12.1. The van der Waals surface area contributed by atoms with Crippen molar-refractivity contribution in [2.24, 2.45) is 5.73 Å². The Labute approximate surface area is 110 Å². The molecule has 0 bridgehead atoms. The number of nitrogens with two attached hydrogens (primary N) is 1. The third-order valence-corrected chi connectivity index (χ3v) is 3.19. The lowest BCUT2D eigenvalue weighted by molar-refractivity contribution is 0.0801. The van der Waals surface area contributed by atoms with Gasteiger partial charge < -0.3 is 16.0 Å². The maximum absolute atomic E-state index is 11.8. The molecule has 0 radical (unpaired) electrons. The standard InChI is InChI=1S/C10H15N3O2S.ClH/c1-12-5-6-13(2)10(15)8-4-3-7(16-8)9(11)14;/h3-4,12H,5-6H2,1-2H3,(H2,11,14);1H. The van der Waals surface area contributed by atoms with E-state index in [9.17, 15) is 9.59 Å². The number of likely N-dealkylation sites (N-methyl/N-ethyl adjacent to an activating group) is 2. The first-order valence-corrected chi connectivity index (χ1v) is 5.67. The fraction of sp³-hybridized carbons (Fsp3) is 0.400. The summed E-state index contributed by atoms with van der Waals surface area (Å²) in [5.74, 6) is -0.588. The molecule has 0 spiro atoms. The van der Waals surface area contributed by atoms with Crippen molar-refractivity contribution in [3.8, 4) is 0 Å². The van der Waals surface area contributed by atoms with E-state index < -0.39 is 5.91 Å². The predicted molar refractivity (Wildman–Crippen MR) is 71.0 cm³/mol. The van der Waals surface area contributed by atoms with Crippen LogP contribution in [0.1, 0.15) is 19.3 Å². The van der Waals surface area contributed by atoms with Crippen molar-refractivity contribution in [2.45, 2.75) is 0 Å². The van der Waals surface area contributed by atoms with Crippen molar-refractivity contribution in [1.82, 2.24) is 10.2 Å². The van der Waals surface area contributed by atoms with Gasteiger partial charge in [0.05, 0.1) is 9.75 Å². The normalized spacial score (nSPS) is 9.53. The van der Waals surface area contributed by atoms with Gasteiger partial charge in [0.2, 0.25) is 0 Å². The SMILES string of the molecule is CNCCN(C)C(=O)c1ccc(C(N)=O)s1.Cl. The number of nitrogens with one attached hydrogen (secondary N) is 1. The summed E-state index contributed by atoms with van der Waals surface area (Å²) in [5, 5.41) is 2.96. The summed E-state index contributed by atoms with van der Waals surface area (Å²) in [6, 6.07) is 3.20. The number of carbonyl (C=O) groups is 2. The molecule has 1 aromatic heterocycles. The van der Waals surface area contributed by atoms with Crippen molar-refractivity contribution in [1.29, 1.82) is 0 Å². The molecule has 0 saturated carbocycles. The second-order valence-electron chi connectivity index (χ2n) is 3.36. The van der Waals surface area contributed by atoms with Crippen LogP contribution in [-0.2, 0) is 0 Å². The Balaban J connectivity index is 0.00000256. The van der Waals surface area contributed by atoms with E-state index >= 15 is 0 Å². The van der Waals surface area contributed by atoms with Gasteiger partial charge in [0, 0.05) is 20.1 Å². The van der Waals surface area contributed by atoms with E-state index in [1.54, 1.807) is 24.1 Å². The number of thiophene rings is 1. The van der Waals surface area contributed by atoms with Gasteiger partial charge in [-0.25, -0.2) is 0 Å². The first-order chi connectivity index (χ1) is 7.56. The summed E-state index contributed by atoms with van der Waals surface area (Å²) in [6.07, 6.45) is 0. The third-order valence-electron chi connectivity index (χ3n) is 2.10. The molecule has 0 saturated heterocycles. The molecular formula is C10H16ClN3O2S. The van der Waals surface area contributed by atoms with Crippen LogP contribution in [0, 0.1) is 0 Å². The van der Waals surface area contributed by atoms with E-state index in [0.29, 0.717) is 16.3 Å². The van der Waals surface area contributed by atoms with Crippen LogP contribution in [0.15, 0.2) is 12.1 Å². The molecule has 0 aromatic carbocycles. The number of nitrogens with zero attached hydrogens (tertiary/aromatic N) is 1. The first-order valence-electron chi connectivity index (χ1n) is 4.86. The van der Waals surface area contributed by atoms with Crippen molar-refractivity contribution in [3.05, 3.63) is 21.9 Å². The Morgan fingerprint density at radius 3 is 2.47 bits per heavy atom. The van der Waals surface area contributed by atoms with Gasteiger partial charge in [-0.05, 0) is 19.2 Å². The molecule has 2 amide bonds. The predicted octanol–water partition coefficient (Wildman–Crippen LogP) is 0.560. The summed E-state index contributed by atoms with van der Waals surface area (Å²) in [4.78, 5) is 25.3. The molecule has 7 heteroatoms. The second-order valence-corrected chi connectivity index (χ2v) is 4.44. The maximum Gasteiger partial charge on any atom is 0.263 e. The molecule has 0 aliphatic carbocycles. The zero-order valence-electron chi connectivity index (χ0n) is 9.73. The molecular weight excluding hydrogens is 262 g/mol. The molecule has 0 aliphatic heterocycles. The number of rotatable bonds is 5. The van der Waals surface area contributed by atoms with Gasteiger partial charge in [0.25, 0.3) is 11.8 Å². The van der Waals surface area contributed by atoms with Crippen LogP contribution in [0.25, 0.3) is 0 Å². The average molecular weight is 278 g/mol. The summed E-state index contributed by atoms with van der Waals surface area (Å²) >= 11 is 1.12. The van der Waals surface area contributed by atoms with Crippen LogP contribution in [0.4, 0.5) is 0 Å². The van der Waals surface area contributed by atoms with E-state index in [0.717, 1.165) is 17.9 Å². The summed E-state index contributed by atoms with van der Waals surface area (Å²) in [6.45, 7) is 1.36. The van der Waals surface area contributed by atoms with Gasteiger partial charge >= 0.3 is 0 Å². The summed E-state index contributed by atoms with van der Waals surface area (Å²) < 4.78 is 0. The number of carbonyl (C=O) groups excluding carboxylic acids is 2. The van der Waals surface area contributed by atoms with Crippen molar-refractivity contribution >= 4 is 35.6 Å². The Morgan fingerprint density at radius 1 is 1.41 bits per heavy atom. The van der Waals surface area contributed by atoms with Crippen molar-refractivity contribution in [3.63, 3.8) is 0 Å². The first kappa shape index (κ1) is 15.9. The second kappa shape index (κ2) is 7.26. The molecule has 1 heterocycles. The molecule has 17 heavy (non-hydrogen) atoms. The van der Waals surface area contributed by atoms with E-state index in [-0.39, 0.29) is 18.3 Å². The molecule has 96 valence electrons. The molecule has 0 unspecified atom stereocenters. The van der Waals surface area contributed by atoms with Gasteiger partial charge in [-0.2, -0.15) is 0 Å². The monoisotopic (exact) mass is 277 g/mol. The number of hydrogen-bond donors (Lipinski definition) is 2. The molecule has 0 aliphatic rings. The summed E-state index contributed by atoms with van der Waals surface area (Å²) in [7, 11) is 3.55. The van der Waals surface area contributed by atoms with Crippen LogP contribution in [-0.4, -0.2) is 43.9 Å². The fourth-order valence-electron chi connectivity index (χ4n) is 1.15. The van der Waals surface area contributed by atoms with E-state index in [2.05, 4.69) is 5.32 Å². The van der Waals surface area contributed by atoms with Gasteiger partial charge in [-0.1, -0.05) is 0 Å². The van der Waals surface area contributed by atoms with E-state index in [4.69, 9.17) is 5.73 Å². The molecule has 0 fully saturated rings. The van der Waals surface area contributed by atoms with Gasteiger partial charge in [0.1, 0.15) is 0 Å². The van der Waals surface area contributed by atoms with Crippen LogP contribution >= 0.6 is 23.7 Å². The number of hydrogen-bond acceptors (Lipinski definition) is 4. The van der Waals surface area contributed by atoms with Crippen LogP contribution < -0.4 is 11.1 Å². The lowest BCUT2D eigenvalue weighted by atomic mass is 10.4. The average Bonchev–Trinajstić information content (AvgIpc) is 2.74. The molecule has 5 nitrogen and oxygen atoms in total. The number of primary amides is 1. The smallest absolute Gasteiger partial charge is 0.263 e. The Kier molecular flexibility index (Phi) is 6.79. The largest absolute Gasteiger partial charge is 0.365 e. The third kappa shape index (κ3) is 4.33. The molecule has 1 rings (SSSR count). The topological polar surface area (TPSA) is 75.4 Å².